The summed E-state index contributed by atoms with van der Waals surface area (Å²) in [5, 5.41) is 10.4. The number of ether oxygens (including phenoxy) is 1. The first kappa shape index (κ1) is 25.9. The molecule has 0 bridgehead atoms. The number of hydrogen-bond donors (Lipinski definition) is 2. The SMILES string of the molecule is CC(C)CNC(=O)c1ccccc1NC(=O)COC(=O)c1cc(C(C)C)nc2c1cnn2C(C)C. The minimum absolute atomic E-state index is 0.0647. The maximum absolute atomic E-state index is 13.0. The number of carbonyl (C=O) groups is 3. The van der Waals surface area contributed by atoms with E-state index in [-0.39, 0.29) is 17.9 Å². The molecule has 0 fully saturated rings. The van der Waals surface area contributed by atoms with Crippen molar-refractivity contribution >= 4 is 34.5 Å². The van der Waals surface area contributed by atoms with Gasteiger partial charge in [-0.1, -0.05) is 39.8 Å². The number of para-hydroxylation sites is 1. The number of hydrogen-bond acceptors (Lipinski definition) is 6. The normalized spacial score (nSPS) is 11.3. The third kappa shape index (κ3) is 6.23. The molecule has 35 heavy (non-hydrogen) atoms. The van der Waals surface area contributed by atoms with Gasteiger partial charge < -0.3 is 15.4 Å². The molecule has 0 saturated heterocycles. The van der Waals surface area contributed by atoms with Crippen LogP contribution in [0, 0.1) is 5.92 Å². The Morgan fingerprint density at radius 3 is 2.40 bits per heavy atom. The van der Waals surface area contributed by atoms with Gasteiger partial charge >= 0.3 is 5.97 Å². The molecule has 1 aromatic carbocycles. The van der Waals surface area contributed by atoms with Crippen LogP contribution < -0.4 is 10.6 Å². The van der Waals surface area contributed by atoms with Crippen LogP contribution in [0.4, 0.5) is 5.69 Å². The van der Waals surface area contributed by atoms with Gasteiger partial charge in [0.25, 0.3) is 11.8 Å². The van der Waals surface area contributed by atoms with Crippen molar-refractivity contribution in [1.29, 1.82) is 0 Å². The Bertz CT molecular complexity index is 1230. The second kappa shape index (κ2) is 11.1. The molecule has 3 aromatic rings. The minimum atomic E-state index is -0.638. The molecule has 186 valence electrons. The number of aromatic nitrogens is 3. The molecule has 2 heterocycles. The number of nitrogens with zero attached hydrogens (tertiary/aromatic N) is 3. The molecule has 0 saturated carbocycles. The molecule has 0 unspecified atom stereocenters. The Balaban J connectivity index is 1.74. The monoisotopic (exact) mass is 479 g/mol. The number of nitrogens with one attached hydrogen (secondary N) is 2. The first-order valence-electron chi connectivity index (χ1n) is 11.8. The van der Waals surface area contributed by atoms with Gasteiger partial charge in [-0.15, -0.1) is 0 Å². The van der Waals surface area contributed by atoms with E-state index in [9.17, 15) is 14.4 Å². The van der Waals surface area contributed by atoms with E-state index in [4.69, 9.17) is 4.74 Å². The van der Waals surface area contributed by atoms with Crippen molar-refractivity contribution in [3.8, 4) is 0 Å². The van der Waals surface area contributed by atoms with E-state index < -0.39 is 18.5 Å². The predicted octanol–water partition coefficient (Wildman–Crippen LogP) is 4.32. The van der Waals surface area contributed by atoms with E-state index in [1.165, 1.54) is 0 Å². The van der Waals surface area contributed by atoms with E-state index in [1.807, 2.05) is 41.5 Å². The summed E-state index contributed by atoms with van der Waals surface area (Å²) in [6.07, 6.45) is 1.59. The van der Waals surface area contributed by atoms with Gasteiger partial charge in [0.05, 0.1) is 28.4 Å². The molecule has 0 aliphatic carbocycles. The van der Waals surface area contributed by atoms with Crippen molar-refractivity contribution in [2.24, 2.45) is 5.92 Å². The summed E-state index contributed by atoms with van der Waals surface area (Å²) >= 11 is 0. The van der Waals surface area contributed by atoms with Crippen LogP contribution in [0.15, 0.2) is 36.5 Å². The third-order valence-electron chi connectivity index (χ3n) is 5.34. The van der Waals surface area contributed by atoms with Crippen molar-refractivity contribution in [1.82, 2.24) is 20.1 Å². The van der Waals surface area contributed by atoms with Crippen LogP contribution in [-0.4, -0.2) is 45.7 Å². The zero-order valence-corrected chi connectivity index (χ0v) is 21.1. The molecule has 9 nitrogen and oxygen atoms in total. The van der Waals surface area contributed by atoms with Crippen molar-refractivity contribution in [3.63, 3.8) is 0 Å². The summed E-state index contributed by atoms with van der Waals surface area (Å²) in [5.74, 6) is -1.09. The van der Waals surface area contributed by atoms with Gasteiger partial charge in [0.15, 0.2) is 12.3 Å². The Morgan fingerprint density at radius 2 is 1.74 bits per heavy atom. The number of pyridine rings is 1. The van der Waals surface area contributed by atoms with Gasteiger partial charge in [-0.05, 0) is 43.9 Å². The zero-order chi connectivity index (χ0) is 25.7. The van der Waals surface area contributed by atoms with Crippen LogP contribution in [0.3, 0.4) is 0 Å². The highest BCUT2D eigenvalue weighted by molar-refractivity contribution is 6.06. The predicted molar refractivity (Wildman–Crippen MR) is 135 cm³/mol. The molecular formula is C26H33N5O4. The summed E-state index contributed by atoms with van der Waals surface area (Å²) in [5.41, 5.74) is 2.33. The summed E-state index contributed by atoms with van der Waals surface area (Å²) in [7, 11) is 0. The van der Waals surface area contributed by atoms with Crippen LogP contribution in [0.5, 0.6) is 0 Å². The Labute approximate surface area is 205 Å². The topological polar surface area (TPSA) is 115 Å². The number of fused-ring (bicyclic) bond motifs is 1. The van der Waals surface area contributed by atoms with Gasteiger partial charge in [-0.2, -0.15) is 5.10 Å². The van der Waals surface area contributed by atoms with E-state index in [1.54, 1.807) is 41.2 Å². The van der Waals surface area contributed by atoms with Gasteiger partial charge in [0.2, 0.25) is 0 Å². The van der Waals surface area contributed by atoms with Gasteiger partial charge in [0, 0.05) is 18.3 Å². The Morgan fingerprint density at radius 1 is 1.03 bits per heavy atom. The number of benzene rings is 1. The highest BCUT2D eigenvalue weighted by Gasteiger charge is 2.21. The smallest absolute Gasteiger partial charge is 0.339 e. The standard InChI is InChI=1S/C26H33N5O4/c1-15(2)12-27-25(33)18-9-7-8-10-21(18)29-23(32)14-35-26(34)19-11-22(16(3)4)30-24-20(19)13-28-31(24)17(5)6/h7-11,13,15-17H,12,14H2,1-6H3,(H,27,33)(H,29,32). The summed E-state index contributed by atoms with van der Waals surface area (Å²) in [6, 6.07) is 8.45. The van der Waals surface area contributed by atoms with Crippen LogP contribution in [0.2, 0.25) is 0 Å². The number of anilines is 1. The second-order valence-electron chi connectivity index (χ2n) is 9.44. The molecule has 0 spiro atoms. The summed E-state index contributed by atoms with van der Waals surface area (Å²) < 4.78 is 7.09. The van der Waals surface area contributed by atoms with Crippen molar-refractivity contribution in [3.05, 3.63) is 53.3 Å². The van der Waals surface area contributed by atoms with Crippen molar-refractivity contribution < 1.29 is 19.1 Å². The summed E-state index contributed by atoms with van der Waals surface area (Å²) in [4.78, 5) is 42.7. The number of esters is 1. The van der Waals surface area contributed by atoms with Gasteiger partial charge in [-0.3, -0.25) is 9.59 Å². The Kier molecular flexibility index (Phi) is 8.22. The van der Waals surface area contributed by atoms with Crippen LogP contribution in [0.25, 0.3) is 11.0 Å². The van der Waals surface area contributed by atoms with Crippen molar-refractivity contribution in [2.75, 3.05) is 18.5 Å². The Hall–Kier alpha value is -3.75. The van der Waals surface area contributed by atoms with Gasteiger partial charge in [0.1, 0.15) is 0 Å². The minimum Gasteiger partial charge on any atom is -0.452 e. The van der Waals surface area contributed by atoms with Crippen LogP contribution in [-0.2, 0) is 9.53 Å². The zero-order valence-electron chi connectivity index (χ0n) is 21.1. The van der Waals surface area contributed by atoms with Gasteiger partial charge in [-0.25, -0.2) is 14.5 Å². The van der Waals surface area contributed by atoms with Crippen molar-refractivity contribution in [2.45, 2.75) is 53.5 Å². The van der Waals surface area contributed by atoms with E-state index in [0.29, 0.717) is 40.3 Å². The molecule has 0 aliphatic heterocycles. The lowest BCUT2D eigenvalue weighted by Gasteiger charge is -2.13. The molecule has 2 aromatic heterocycles. The maximum atomic E-state index is 13.0. The maximum Gasteiger partial charge on any atom is 0.339 e. The average Bonchev–Trinajstić information content (AvgIpc) is 3.25. The molecule has 0 atom stereocenters. The lowest BCUT2D eigenvalue weighted by Crippen LogP contribution is -2.29. The molecule has 0 aliphatic rings. The molecule has 2 amide bonds. The molecule has 2 N–H and O–H groups in total. The third-order valence-corrected chi connectivity index (χ3v) is 5.34. The highest BCUT2D eigenvalue weighted by atomic mass is 16.5. The molecule has 0 radical (unpaired) electrons. The average molecular weight is 480 g/mol. The lowest BCUT2D eigenvalue weighted by atomic mass is 10.1. The van der Waals surface area contributed by atoms with E-state index in [2.05, 4.69) is 20.7 Å². The lowest BCUT2D eigenvalue weighted by molar-refractivity contribution is -0.119. The first-order chi connectivity index (χ1) is 16.6. The fourth-order valence-electron chi connectivity index (χ4n) is 3.46. The van der Waals surface area contributed by atoms with Crippen LogP contribution in [0.1, 0.15) is 79.9 Å². The van der Waals surface area contributed by atoms with Crippen LogP contribution >= 0.6 is 0 Å². The van der Waals surface area contributed by atoms with E-state index >= 15 is 0 Å². The van der Waals surface area contributed by atoms with E-state index in [0.717, 1.165) is 5.69 Å². The number of amides is 2. The fraction of sp³-hybridized carbons (Fsp3) is 0.423. The molecule has 3 rings (SSSR count). The second-order valence-corrected chi connectivity index (χ2v) is 9.44. The first-order valence-corrected chi connectivity index (χ1v) is 11.8. The molecular weight excluding hydrogens is 446 g/mol. The summed E-state index contributed by atoms with van der Waals surface area (Å²) in [6.45, 7) is 12.0. The fourth-order valence-corrected chi connectivity index (χ4v) is 3.46. The number of rotatable bonds is 9. The quantitative estimate of drug-likeness (QED) is 0.442. The largest absolute Gasteiger partial charge is 0.452 e. The number of carbonyl (C=O) groups excluding carboxylic acids is 3. The molecule has 9 heteroatoms. The highest BCUT2D eigenvalue weighted by Crippen LogP contribution is 2.25.